The monoisotopic (exact) mass is 393 g/mol. The summed E-state index contributed by atoms with van der Waals surface area (Å²) in [5.74, 6) is 0.857. The minimum atomic E-state index is 0. The molecule has 7 heteroatoms. The van der Waals surface area contributed by atoms with Crippen molar-refractivity contribution in [2.75, 3.05) is 13.1 Å². The van der Waals surface area contributed by atoms with Crippen molar-refractivity contribution < 1.29 is 0 Å². The molecule has 19 heavy (non-hydrogen) atoms. The van der Waals surface area contributed by atoms with E-state index in [-0.39, 0.29) is 24.0 Å². The van der Waals surface area contributed by atoms with Crippen LogP contribution in [0.25, 0.3) is 4.96 Å². The van der Waals surface area contributed by atoms with E-state index in [9.17, 15) is 0 Å². The summed E-state index contributed by atoms with van der Waals surface area (Å²) in [4.78, 5) is 10.0. The third kappa shape index (κ3) is 4.64. The van der Waals surface area contributed by atoms with Gasteiger partial charge in [-0.3, -0.25) is 4.40 Å². The van der Waals surface area contributed by atoms with Crippen LogP contribution in [0.3, 0.4) is 0 Å². The summed E-state index contributed by atoms with van der Waals surface area (Å²) in [6, 6.07) is 0. The molecule has 0 spiro atoms. The summed E-state index contributed by atoms with van der Waals surface area (Å²) in [5.41, 5.74) is 0.996. The fraction of sp³-hybridized carbons (Fsp3) is 0.500. The van der Waals surface area contributed by atoms with E-state index in [1.165, 1.54) is 0 Å². The molecule has 0 aliphatic carbocycles. The predicted molar refractivity (Wildman–Crippen MR) is 91.6 cm³/mol. The Balaban J connectivity index is 0.00000180. The molecule has 2 aromatic heterocycles. The summed E-state index contributed by atoms with van der Waals surface area (Å²) in [6.45, 7) is 6.61. The van der Waals surface area contributed by atoms with Gasteiger partial charge in [0.05, 0.1) is 12.2 Å². The SMILES string of the molecule is CCCNC(=NCc1cn2ccsc2n1)NCC.I. The first-order valence-electron chi connectivity index (χ1n) is 6.26. The van der Waals surface area contributed by atoms with Gasteiger partial charge in [-0.25, -0.2) is 9.98 Å². The van der Waals surface area contributed by atoms with Crippen molar-refractivity contribution in [1.29, 1.82) is 0 Å². The summed E-state index contributed by atoms with van der Waals surface area (Å²) < 4.78 is 2.03. The first kappa shape index (κ1) is 16.2. The molecular weight excluding hydrogens is 373 g/mol. The molecule has 0 atom stereocenters. The van der Waals surface area contributed by atoms with E-state index >= 15 is 0 Å². The van der Waals surface area contributed by atoms with Crippen LogP contribution >= 0.6 is 35.3 Å². The van der Waals surface area contributed by atoms with Crippen molar-refractivity contribution in [3.63, 3.8) is 0 Å². The van der Waals surface area contributed by atoms with Gasteiger partial charge in [0, 0.05) is 30.9 Å². The van der Waals surface area contributed by atoms with Gasteiger partial charge in [0.25, 0.3) is 0 Å². The number of halogens is 1. The van der Waals surface area contributed by atoms with E-state index in [2.05, 4.69) is 34.5 Å². The Hall–Kier alpha value is -0.830. The highest BCUT2D eigenvalue weighted by Crippen LogP contribution is 2.11. The van der Waals surface area contributed by atoms with Gasteiger partial charge in [-0.15, -0.1) is 35.3 Å². The largest absolute Gasteiger partial charge is 0.357 e. The van der Waals surface area contributed by atoms with Gasteiger partial charge < -0.3 is 10.6 Å². The number of rotatable bonds is 5. The second-order valence-corrected chi connectivity index (χ2v) is 4.82. The Morgan fingerprint density at radius 2 is 2.26 bits per heavy atom. The molecule has 0 radical (unpaired) electrons. The summed E-state index contributed by atoms with van der Waals surface area (Å²) >= 11 is 1.64. The number of aliphatic imine (C=N–C) groups is 1. The van der Waals surface area contributed by atoms with Gasteiger partial charge in [0.1, 0.15) is 0 Å². The maximum Gasteiger partial charge on any atom is 0.193 e. The average molecular weight is 393 g/mol. The zero-order valence-electron chi connectivity index (χ0n) is 11.2. The number of guanidine groups is 1. The third-order valence-electron chi connectivity index (χ3n) is 2.43. The van der Waals surface area contributed by atoms with Crippen molar-refractivity contribution in [3.8, 4) is 0 Å². The van der Waals surface area contributed by atoms with Crippen LogP contribution in [0.2, 0.25) is 0 Å². The smallest absolute Gasteiger partial charge is 0.193 e. The lowest BCUT2D eigenvalue weighted by Crippen LogP contribution is -2.37. The number of aromatic nitrogens is 2. The molecule has 2 N–H and O–H groups in total. The molecule has 2 rings (SSSR count). The van der Waals surface area contributed by atoms with Gasteiger partial charge in [-0.2, -0.15) is 0 Å². The Morgan fingerprint density at radius 3 is 2.95 bits per heavy atom. The number of hydrogen-bond donors (Lipinski definition) is 2. The lowest BCUT2D eigenvalue weighted by atomic mass is 10.5. The van der Waals surface area contributed by atoms with Crippen LogP contribution < -0.4 is 10.6 Å². The van der Waals surface area contributed by atoms with E-state index in [1.54, 1.807) is 11.3 Å². The van der Waals surface area contributed by atoms with Crippen LogP contribution in [0.15, 0.2) is 22.8 Å². The van der Waals surface area contributed by atoms with E-state index in [4.69, 9.17) is 0 Å². The van der Waals surface area contributed by atoms with Crippen molar-refractivity contribution >= 4 is 46.2 Å². The molecule has 0 bridgehead atoms. The molecule has 2 aromatic rings. The molecular formula is C12H20IN5S. The Labute approximate surface area is 134 Å². The Morgan fingerprint density at radius 1 is 1.42 bits per heavy atom. The molecule has 106 valence electrons. The van der Waals surface area contributed by atoms with Gasteiger partial charge >= 0.3 is 0 Å². The van der Waals surface area contributed by atoms with Crippen LogP contribution in [-0.4, -0.2) is 28.4 Å². The molecule has 0 unspecified atom stereocenters. The maximum atomic E-state index is 4.52. The van der Waals surface area contributed by atoms with Gasteiger partial charge in [0.2, 0.25) is 0 Å². The summed E-state index contributed by atoms with van der Waals surface area (Å²) in [6.07, 6.45) is 5.13. The van der Waals surface area contributed by atoms with E-state index in [0.29, 0.717) is 6.54 Å². The fourth-order valence-corrected chi connectivity index (χ4v) is 2.32. The topological polar surface area (TPSA) is 53.7 Å². The van der Waals surface area contributed by atoms with Crippen molar-refractivity contribution in [2.24, 2.45) is 4.99 Å². The van der Waals surface area contributed by atoms with Crippen LogP contribution in [0.5, 0.6) is 0 Å². The molecule has 0 saturated carbocycles. The fourth-order valence-electron chi connectivity index (χ4n) is 1.60. The normalized spacial score (nSPS) is 11.4. The lowest BCUT2D eigenvalue weighted by Gasteiger charge is -2.09. The molecule has 0 aliphatic heterocycles. The molecule has 2 heterocycles. The molecule has 0 fully saturated rings. The lowest BCUT2D eigenvalue weighted by molar-refractivity contribution is 0.784. The van der Waals surface area contributed by atoms with Crippen molar-refractivity contribution in [3.05, 3.63) is 23.5 Å². The second-order valence-electron chi connectivity index (χ2n) is 3.95. The molecule has 0 aliphatic rings. The number of hydrogen-bond acceptors (Lipinski definition) is 3. The highest BCUT2D eigenvalue weighted by Gasteiger charge is 2.02. The van der Waals surface area contributed by atoms with Crippen LogP contribution in [-0.2, 0) is 6.54 Å². The quantitative estimate of drug-likeness (QED) is 0.466. The van der Waals surface area contributed by atoms with Crippen molar-refractivity contribution in [1.82, 2.24) is 20.0 Å². The van der Waals surface area contributed by atoms with Crippen LogP contribution in [0, 0.1) is 0 Å². The highest BCUT2D eigenvalue weighted by atomic mass is 127. The minimum Gasteiger partial charge on any atom is -0.357 e. The Kier molecular flexibility index (Phi) is 7.14. The van der Waals surface area contributed by atoms with Gasteiger partial charge in [-0.05, 0) is 13.3 Å². The van der Waals surface area contributed by atoms with E-state index in [1.807, 2.05) is 22.2 Å². The van der Waals surface area contributed by atoms with Crippen molar-refractivity contribution in [2.45, 2.75) is 26.8 Å². The predicted octanol–water partition coefficient (Wildman–Crippen LogP) is 2.48. The number of nitrogens with one attached hydrogen (secondary N) is 2. The van der Waals surface area contributed by atoms with Gasteiger partial charge in [0.15, 0.2) is 10.9 Å². The summed E-state index contributed by atoms with van der Waals surface area (Å²) in [7, 11) is 0. The average Bonchev–Trinajstić information content (AvgIpc) is 2.93. The van der Waals surface area contributed by atoms with E-state index < -0.39 is 0 Å². The maximum absolute atomic E-state index is 4.52. The number of fused-ring (bicyclic) bond motifs is 1. The number of imidazole rings is 1. The van der Waals surface area contributed by atoms with Crippen LogP contribution in [0.1, 0.15) is 26.0 Å². The Bertz CT molecular complexity index is 490. The third-order valence-corrected chi connectivity index (χ3v) is 3.20. The van der Waals surface area contributed by atoms with Crippen LogP contribution in [0.4, 0.5) is 0 Å². The number of thiazole rings is 1. The van der Waals surface area contributed by atoms with Gasteiger partial charge in [-0.1, -0.05) is 6.92 Å². The zero-order chi connectivity index (χ0) is 12.8. The molecule has 0 amide bonds. The molecule has 5 nitrogen and oxygen atoms in total. The number of nitrogens with zero attached hydrogens (tertiary/aromatic N) is 3. The molecule has 0 saturated heterocycles. The minimum absolute atomic E-state index is 0. The first-order chi connectivity index (χ1) is 8.83. The molecule has 0 aromatic carbocycles. The standard InChI is InChI=1S/C12H19N5S.HI/c1-3-5-14-11(13-4-2)15-8-10-9-17-6-7-18-12(17)16-10;/h6-7,9H,3-5,8H2,1-2H3,(H2,13,14,15);1H. The highest BCUT2D eigenvalue weighted by molar-refractivity contribution is 14.0. The summed E-state index contributed by atoms with van der Waals surface area (Å²) in [5, 5.41) is 8.53. The first-order valence-corrected chi connectivity index (χ1v) is 7.14. The zero-order valence-corrected chi connectivity index (χ0v) is 14.4. The van der Waals surface area contributed by atoms with E-state index in [0.717, 1.165) is 36.1 Å². The second kappa shape index (κ2) is 8.36.